The first-order valence-corrected chi connectivity index (χ1v) is 14.4. The minimum atomic E-state index is -2.74. The van der Waals surface area contributed by atoms with Crippen molar-refractivity contribution in [3.05, 3.63) is 39.4 Å². The van der Waals surface area contributed by atoms with E-state index in [1.54, 1.807) is 0 Å². The molecule has 11 nitrogen and oxygen atoms in total. The van der Waals surface area contributed by atoms with Gasteiger partial charge in [0, 0.05) is 40.6 Å². The van der Waals surface area contributed by atoms with Gasteiger partial charge in [0.1, 0.15) is 28.7 Å². The highest BCUT2D eigenvalue weighted by Gasteiger charge is 2.64. The molecule has 7 N–H and O–H groups in total. The van der Waals surface area contributed by atoms with E-state index in [1.165, 1.54) is 19.0 Å². The highest BCUT2D eigenvalue weighted by atomic mass is 19.1. The Balaban J connectivity index is 1.55. The fourth-order valence-corrected chi connectivity index (χ4v) is 8.43. The number of amides is 1. The minimum absolute atomic E-state index is 0.0614. The van der Waals surface area contributed by atoms with Gasteiger partial charge in [0.15, 0.2) is 11.4 Å². The van der Waals surface area contributed by atoms with Gasteiger partial charge in [0.2, 0.25) is 5.78 Å². The molecule has 0 radical (unpaired) electrons. The molecular weight excluding hydrogens is 547 g/mol. The largest absolute Gasteiger partial charge is 0.508 e. The Morgan fingerprint density at radius 1 is 1.24 bits per heavy atom. The van der Waals surface area contributed by atoms with Crippen molar-refractivity contribution in [2.24, 2.45) is 23.0 Å². The number of hydrogen-bond donors (Lipinski definition) is 6. The zero-order valence-corrected chi connectivity index (χ0v) is 24.1. The number of likely N-dealkylation sites (tertiary alicyclic amines) is 1. The lowest BCUT2D eigenvalue weighted by Crippen LogP contribution is -2.65. The van der Waals surface area contributed by atoms with Crippen LogP contribution in [-0.2, 0) is 20.8 Å². The average molecular weight is 585 g/mol. The molecule has 5 aliphatic rings. The molecule has 2 unspecified atom stereocenters. The van der Waals surface area contributed by atoms with E-state index in [-0.39, 0.29) is 52.4 Å². The molecule has 1 saturated heterocycles. The Bertz CT molecular complexity index is 1520. The summed E-state index contributed by atoms with van der Waals surface area (Å²) in [5.41, 5.74) is 1.51. The molecule has 0 spiro atoms. The van der Waals surface area contributed by atoms with Gasteiger partial charge in [0.25, 0.3) is 5.91 Å². The van der Waals surface area contributed by atoms with E-state index in [4.69, 9.17) is 5.73 Å². The number of rotatable bonds is 4. The average Bonchev–Trinajstić information content (AvgIpc) is 3.24. The van der Waals surface area contributed by atoms with Crippen molar-refractivity contribution in [1.82, 2.24) is 9.80 Å². The van der Waals surface area contributed by atoms with Crippen LogP contribution in [0.1, 0.15) is 55.8 Å². The summed E-state index contributed by atoms with van der Waals surface area (Å²) >= 11 is 0. The second kappa shape index (κ2) is 9.26. The maximum absolute atomic E-state index is 16.7. The zero-order chi connectivity index (χ0) is 30.6. The first-order valence-electron chi connectivity index (χ1n) is 14.4. The number of benzene rings is 1. The Morgan fingerprint density at radius 3 is 2.55 bits per heavy atom. The summed E-state index contributed by atoms with van der Waals surface area (Å²) in [6.07, 6.45) is 1.54. The highest BCUT2D eigenvalue weighted by molar-refractivity contribution is 6.24. The molecule has 6 atom stereocenters. The van der Waals surface area contributed by atoms with Crippen molar-refractivity contribution < 1.29 is 39.2 Å². The van der Waals surface area contributed by atoms with Crippen LogP contribution in [0.4, 0.5) is 10.1 Å². The lowest BCUT2D eigenvalue weighted by Gasteiger charge is -2.50. The lowest BCUT2D eigenvalue weighted by atomic mass is 9.57. The quantitative estimate of drug-likeness (QED) is 0.226. The van der Waals surface area contributed by atoms with E-state index < -0.39 is 63.9 Å². The van der Waals surface area contributed by atoms with Gasteiger partial charge in [-0.15, -0.1) is 0 Å². The lowest BCUT2D eigenvalue weighted by molar-refractivity contribution is -0.153. The van der Waals surface area contributed by atoms with E-state index in [0.717, 1.165) is 25.9 Å². The maximum Gasteiger partial charge on any atom is 0.255 e. The molecule has 1 amide bonds. The van der Waals surface area contributed by atoms with E-state index in [1.807, 2.05) is 0 Å². The van der Waals surface area contributed by atoms with E-state index >= 15 is 4.39 Å². The number of primary amides is 1. The second-order valence-corrected chi connectivity index (χ2v) is 13.0. The van der Waals surface area contributed by atoms with Crippen molar-refractivity contribution in [3.8, 4) is 5.75 Å². The summed E-state index contributed by atoms with van der Waals surface area (Å²) in [7, 11) is 3.07. The summed E-state index contributed by atoms with van der Waals surface area (Å²) in [6, 6.07) is -1.49. The predicted molar refractivity (Wildman–Crippen MR) is 150 cm³/mol. The van der Waals surface area contributed by atoms with Crippen molar-refractivity contribution >= 4 is 28.9 Å². The molecule has 2 fully saturated rings. The maximum atomic E-state index is 16.7. The van der Waals surface area contributed by atoms with Crippen LogP contribution in [-0.4, -0.2) is 93.1 Å². The van der Waals surface area contributed by atoms with Crippen molar-refractivity contribution in [2.45, 2.75) is 57.2 Å². The summed E-state index contributed by atoms with van der Waals surface area (Å²) in [6.45, 7) is 6.17. The van der Waals surface area contributed by atoms with Crippen LogP contribution < -0.4 is 11.1 Å². The van der Waals surface area contributed by atoms with Gasteiger partial charge in [0.05, 0.1) is 17.3 Å². The van der Waals surface area contributed by atoms with Gasteiger partial charge in [-0.1, -0.05) is 13.8 Å². The molecule has 1 aromatic rings. The molecule has 0 aromatic heterocycles. The number of aliphatic hydroxyl groups excluding tert-OH is 2. The number of nitrogens with one attached hydrogen (secondary N) is 1. The van der Waals surface area contributed by atoms with Gasteiger partial charge in [-0.3, -0.25) is 24.2 Å². The second-order valence-electron chi connectivity index (χ2n) is 13.0. The Labute approximate surface area is 242 Å². The van der Waals surface area contributed by atoms with Gasteiger partial charge >= 0.3 is 0 Å². The van der Waals surface area contributed by atoms with E-state index in [0.29, 0.717) is 12.1 Å². The van der Waals surface area contributed by atoms with E-state index in [2.05, 4.69) is 24.1 Å². The molecule has 6 rings (SSSR count). The van der Waals surface area contributed by atoms with Gasteiger partial charge < -0.3 is 31.5 Å². The predicted octanol–water partition coefficient (Wildman–Crippen LogP) is 1.69. The molecule has 1 aromatic carbocycles. The van der Waals surface area contributed by atoms with E-state index in [9.17, 15) is 34.8 Å². The number of phenols is 1. The van der Waals surface area contributed by atoms with Gasteiger partial charge in [-0.25, -0.2) is 4.39 Å². The monoisotopic (exact) mass is 584 g/mol. The van der Waals surface area contributed by atoms with Crippen molar-refractivity contribution in [3.63, 3.8) is 0 Å². The van der Waals surface area contributed by atoms with Crippen molar-refractivity contribution in [1.29, 1.82) is 0 Å². The van der Waals surface area contributed by atoms with Gasteiger partial charge in [-0.2, -0.15) is 0 Å². The van der Waals surface area contributed by atoms with Crippen LogP contribution in [0, 0.1) is 23.1 Å². The third-order valence-corrected chi connectivity index (χ3v) is 10.3. The topological polar surface area (TPSA) is 177 Å². The van der Waals surface area contributed by atoms with Crippen LogP contribution in [0.3, 0.4) is 0 Å². The molecule has 2 heterocycles. The number of halogens is 1. The molecule has 1 saturated carbocycles. The van der Waals surface area contributed by atoms with Crippen LogP contribution in [0.5, 0.6) is 5.75 Å². The number of carbonyl (C=O) groups is 3. The molecular formula is C30H37FN4O7. The number of nitrogens with two attached hydrogens (primary N) is 1. The van der Waals surface area contributed by atoms with Crippen molar-refractivity contribution in [2.75, 3.05) is 39.0 Å². The van der Waals surface area contributed by atoms with Crippen LogP contribution >= 0.6 is 0 Å². The zero-order valence-electron chi connectivity index (χ0n) is 24.1. The summed E-state index contributed by atoms with van der Waals surface area (Å²) in [4.78, 5) is 43.1. The molecule has 2 aliphatic heterocycles. The first kappa shape index (κ1) is 28.6. The van der Waals surface area contributed by atoms with Crippen LogP contribution in [0.15, 0.2) is 16.9 Å². The molecule has 0 bridgehead atoms. The normalized spacial score (nSPS) is 34.1. The standard InChI is InChI=1S/C30H37FN4O7/c1-5-7-35-8-6-29(2)11-33-20-17(25(29)35)19(31)13-9-12-10-14-21(34(3)4)24(38)18(28(32)41)27(40)30(14,42)26(39)15(12)22(36)16(13)23(20)37/h12,14,21,25,33,36-37,40,42H,5-11H2,1-4H3,(H2,32,41)/t12-,14-,21-,25?,29?,30-/m0/s1. The minimum Gasteiger partial charge on any atom is -0.508 e. The third-order valence-electron chi connectivity index (χ3n) is 10.3. The number of nitrogens with zero attached hydrogens (tertiary/aromatic N) is 2. The number of aliphatic hydroxyl groups is 3. The number of Topliss-reactive ketones (excluding diaryl/α,β-unsaturated/α-hetero) is 2. The number of likely N-dealkylation sites (N-methyl/N-ethyl adjacent to an activating group) is 1. The van der Waals surface area contributed by atoms with Gasteiger partial charge in [-0.05, 0) is 58.8 Å². The number of phenolic OH excluding ortho intramolecular Hbond substituents is 1. The summed E-state index contributed by atoms with van der Waals surface area (Å²) in [5.74, 6) is -8.11. The Hall–Kier alpha value is -3.48. The number of fused-ring (bicyclic) bond motifs is 6. The summed E-state index contributed by atoms with van der Waals surface area (Å²) in [5, 5.41) is 48.9. The SMILES string of the molecule is CCCN1CCC2(C)CNc3c(O)c4c(c(F)c3C12)C[C@H]1C[C@H]2[C@H](N(C)C)C(=O)C(C(N)=O)=C(O)[C@@]2(O)C(=O)C1=C4O. The molecule has 42 heavy (non-hydrogen) atoms. The van der Waals surface area contributed by atoms with Crippen LogP contribution in [0.25, 0.3) is 5.76 Å². The number of aromatic hydroxyl groups is 1. The molecule has 12 heteroatoms. The fourth-order valence-electron chi connectivity index (χ4n) is 8.43. The third kappa shape index (κ3) is 3.45. The first-order chi connectivity index (χ1) is 19.7. The Kier molecular flexibility index (Phi) is 6.31. The summed E-state index contributed by atoms with van der Waals surface area (Å²) < 4.78 is 16.7. The molecule has 226 valence electrons. The number of ketones is 2. The highest BCUT2D eigenvalue weighted by Crippen LogP contribution is 2.59. The smallest absolute Gasteiger partial charge is 0.255 e. The Morgan fingerprint density at radius 2 is 1.93 bits per heavy atom. The number of carbonyl (C=O) groups excluding carboxylic acids is 3. The molecule has 3 aliphatic carbocycles. The number of anilines is 1. The fraction of sp³-hybridized carbons (Fsp3) is 0.567. The van der Waals surface area contributed by atoms with Crippen LogP contribution in [0.2, 0.25) is 0 Å². The number of hydrogen-bond acceptors (Lipinski definition) is 10.